The van der Waals surface area contributed by atoms with Crippen LogP contribution in [0, 0.1) is 0 Å². The molecule has 0 bridgehead atoms. The first kappa shape index (κ1) is 13.7. The fraction of sp³-hybridized carbons (Fsp3) is 0.500. The summed E-state index contributed by atoms with van der Waals surface area (Å²) in [4.78, 5) is 12.0. The molecule has 0 saturated carbocycles. The molecule has 0 aromatic carbocycles. The van der Waals surface area contributed by atoms with Crippen LogP contribution in [0.4, 0.5) is 5.13 Å². The van der Waals surface area contributed by atoms with Crippen molar-refractivity contribution in [3.63, 3.8) is 0 Å². The Labute approximate surface area is 115 Å². The third-order valence-electron chi connectivity index (χ3n) is 2.52. The van der Waals surface area contributed by atoms with Gasteiger partial charge >= 0.3 is 0 Å². The molecular formula is C12H17N5OS. The molecule has 0 aliphatic heterocycles. The van der Waals surface area contributed by atoms with Crippen molar-refractivity contribution in [3.05, 3.63) is 23.0 Å². The van der Waals surface area contributed by atoms with Crippen LogP contribution in [-0.4, -0.2) is 25.9 Å². The summed E-state index contributed by atoms with van der Waals surface area (Å²) in [5.74, 6) is -0.214. The fourth-order valence-electron chi connectivity index (χ4n) is 1.42. The second-order valence-electron chi connectivity index (χ2n) is 5.15. The Hall–Kier alpha value is -1.76. The molecule has 19 heavy (non-hydrogen) atoms. The molecule has 2 aromatic heterocycles. The topological polar surface area (TPSA) is 72.7 Å². The number of anilines is 1. The van der Waals surface area contributed by atoms with Crippen molar-refractivity contribution in [1.29, 1.82) is 0 Å². The molecule has 0 fully saturated rings. The summed E-state index contributed by atoms with van der Waals surface area (Å²) in [7, 11) is 0. The van der Waals surface area contributed by atoms with Crippen LogP contribution in [0.3, 0.4) is 0 Å². The smallest absolute Gasteiger partial charge is 0.260 e. The van der Waals surface area contributed by atoms with Crippen LogP contribution >= 0.6 is 11.3 Å². The Bertz CT molecular complexity index is 581. The minimum absolute atomic E-state index is 0.142. The number of aromatic nitrogens is 4. The molecule has 1 amide bonds. The lowest BCUT2D eigenvalue weighted by molar-refractivity contribution is 0.102. The number of carbonyl (C=O) groups is 1. The van der Waals surface area contributed by atoms with Crippen molar-refractivity contribution in [2.24, 2.45) is 0 Å². The Morgan fingerprint density at radius 1 is 1.42 bits per heavy atom. The summed E-state index contributed by atoms with van der Waals surface area (Å²) in [6.07, 6.45) is 4.11. The highest BCUT2D eigenvalue weighted by molar-refractivity contribution is 7.15. The average Bonchev–Trinajstić information content (AvgIpc) is 2.96. The first-order valence-electron chi connectivity index (χ1n) is 6.09. The number of aryl methyl sites for hydroxylation is 1. The van der Waals surface area contributed by atoms with Gasteiger partial charge in [-0.05, 0) is 27.2 Å². The lowest BCUT2D eigenvalue weighted by Crippen LogP contribution is -2.22. The van der Waals surface area contributed by atoms with Crippen LogP contribution in [0.15, 0.2) is 12.4 Å². The third-order valence-corrected chi connectivity index (χ3v) is 3.50. The molecule has 0 aliphatic carbocycles. The fourth-order valence-corrected chi connectivity index (χ4v) is 2.10. The normalized spacial score (nSPS) is 11.6. The molecule has 1 N–H and O–H groups in total. The number of amides is 1. The minimum Gasteiger partial charge on any atom is -0.296 e. The predicted octanol–water partition coefficient (Wildman–Crippen LogP) is 2.30. The van der Waals surface area contributed by atoms with Crippen molar-refractivity contribution in [2.75, 3.05) is 5.32 Å². The van der Waals surface area contributed by atoms with Crippen molar-refractivity contribution in [2.45, 2.75) is 39.7 Å². The monoisotopic (exact) mass is 279 g/mol. The maximum Gasteiger partial charge on any atom is 0.260 e. The van der Waals surface area contributed by atoms with Gasteiger partial charge in [-0.3, -0.25) is 14.8 Å². The number of nitrogens with zero attached hydrogens (tertiary/aromatic N) is 4. The largest absolute Gasteiger partial charge is 0.296 e. The van der Waals surface area contributed by atoms with E-state index < -0.39 is 0 Å². The highest BCUT2D eigenvalue weighted by Crippen LogP contribution is 2.17. The Morgan fingerprint density at radius 3 is 2.68 bits per heavy atom. The van der Waals surface area contributed by atoms with Crippen molar-refractivity contribution < 1.29 is 4.79 Å². The molecule has 2 heterocycles. The summed E-state index contributed by atoms with van der Waals surface area (Å²) < 4.78 is 1.76. The molecule has 0 radical (unpaired) electrons. The van der Waals surface area contributed by atoms with E-state index in [1.807, 2.05) is 27.7 Å². The van der Waals surface area contributed by atoms with Gasteiger partial charge in [0.25, 0.3) is 5.91 Å². The minimum atomic E-state index is -0.214. The SMILES string of the molecule is CCc1nnc(NC(=O)c2cnn(C(C)(C)C)c2)s1. The zero-order chi connectivity index (χ0) is 14.0. The Kier molecular flexibility index (Phi) is 3.66. The zero-order valence-corrected chi connectivity index (χ0v) is 12.3. The van der Waals surface area contributed by atoms with Crippen LogP contribution in [0.25, 0.3) is 0 Å². The zero-order valence-electron chi connectivity index (χ0n) is 11.5. The molecule has 0 atom stereocenters. The quantitative estimate of drug-likeness (QED) is 0.935. The number of carbonyl (C=O) groups excluding carboxylic acids is 1. The second kappa shape index (κ2) is 5.08. The van der Waals surface area contributed by atoms with E-state index >= 15 is 0 Å². The van der Waals surface area contributed by atoms with Gasteiger partial charge < -0.3 is 0 Å². The lowest BCUT2D eigenvalue weighted by atomic mass is 10.1. The van der Waals surface area contributed by atoms with Crippen LogP contribution in [0.5, 0.6) is 0 Å². The van der Waals surface area contributed by atoms with Crippen molar-refractivity contribution in [1.82, 2.24) is 20.0 Å². The van der Waals surface area contributed by atoms with Crippen LogP contribution in [-0.2, 0) is 12.0 Å². The first-order chi connectivity index (χ1) is 8.90. The highest BCUT2D eigenvalue weighted by Gasteiger charge is 2.17. The molecule has 0 spiro atoms. The van der Waals surface area contributed by atoms with E-state index in [9.17, 15) is 4.79 Å². The molecule has 2 rings (SSSR count). The van der Waals surface area contributed by atoms with E-state index in [-0.39, 0.29) is 11.4 Å². The van der Waals surface area contributed by atoms with E-state index in [1.54, 1.807) is 17.1 Å². The first-order valence-corrected chi connectivity index (χ1v) is 6.90. The Balaban J connectivity index is 2.10. The summed E-state index contributed by atoms with van der Waals surface area (Å²) in [6, 6.07) is 0. The van der Waals surface area contributed by atoms with E-state index in [0.29, 0.717) is 10.7 Å². The number of nitrogens with one attached hydrogen (secondary N) is 1. The molecular weight excluding hydrogens is 262 g/mol. The summed E-state index contributed by atoms with van der Waals surface area (Å²) in [5.41, 5.74) is 0.375. The van der Waals surface area contributed by atoms with Crippen molar-refractivity contribution in [3.8, 4) is 0 Å². The molecule has 0 unspecified atom stereocenters. The summed E-state index contributed by atoms with van der Waals surface area (Å²) in [5, 5.41) is 16.2. The van der Waals surface area contributed by atoms with E-state index in [1.165, 1.54) is 11.3 Å². The molecule has 6 nitrogen and oxygen atoms in total. The van der Waals surface area contributed by atoms with Crippen LogP contribution in [0.1, 0.15) is 43.1 Å². The van der Waals surface area contributed by atoms with Gasteiger partial charge in [-0.1, -0.05) is 18.3 Å². The predicted molar refractivity (Wildman–Crippen MR) is 74.5 cm³/mol. The summed E-state index contributed by atoms with van der Waals surface area (Å²) in [6.45, 7) is 8.08. The highest BCUT2D eigenvalue weighted by atomic mass is 32.1. The maximum atomic E-state index is 12.0. The van der Waals surface area contributed by atoms with E-state index in [0.717, 1.165) is 11.4 Å². The third kappa shape index (κ3) is 3.17. The second-order valence-corrected chi connectivity index (χ2v) is 6.22. The van der Waals surface area contributed by atoms with Gasteiger partial charge in [-0.15, -0.1) is 10.2 Å². The van der Waals surface area contributed by atoms with Crippen LogP contribution in [0.2, 0.25) is 0 Å². The van der Waals surface area contributed by atoms with Crippen LogP contribution < -0.4 is 5.32 Å². The van der Waals surface area contributed by atoms with Gasteiger partial charge in [0.2, 0.25) is 5.13 Å². The number of rotatable bonds is 3. The molecule has 102 valence electrons. The molecule has 7 heteroatoms. The standard InChI is InChI=1S/C12H17N5OS/c1-5-9-15-16-11(19-9)14-10(18)8-6-13-17(7-8)12(2,3)4/h6-7H,5H2,1-4H3,(H,14,16,18). The molecule has 2 aromatic rings. The number of hydrogen-bond donors (Lipinski definition) is 1. The molecule has 0 saturated heterocycles. The van der Waals surface area contributed by atoms with Gasteiger partial charge in [0, 0.05) is 6.20 Å². The van der Waals surface area contributed by atoms with Gasteiger partial charge in [-0.25, -0.2) is 0 Å². The van der Waals surface area contributed by atoms with Gasteiger partial charge in [-0.2, -0.15) is 5.10 Å². The van der Waals surface area contributed by atoms with Gasteiger partial charge in [0.15, 0.2) is 0 Å². The Morgan fingerprint density at radius 2 is 2.16 bits per heavy atom. The van der Waals surface area contributed by atoms with Crippen molar-refractivity contribution >= 4 is 22.4 Å². The number of hydrogen-bond acceptors (Lipinski definition) is 5. The average molecular weight is 279 g/mol. The maximum absolute atomic E-state index is 12.0. The summed E-state index contributed by atoms with van der Waals surface area (Å²) >= 11 is 1.39. The molecule has 0 aliphatic rings. The lowest BCUT2D eigenvalue weighted by Gasteiger charge is -2.18. The van der Waals surface area contributed by atoms with E-state index in [2.05, 4.69) is 20.6 Å². The van der Waals surface area contributed by atoms with Gasteiger partial charge in [0.1, 0.15) is 5.01 Å². The van der Waals surface area contributed by atoms with E-state index in [4.69, 9.17) is 0 Å². The van der Waals surface area contributed by atoms with Gasteiger partial charge in [0.05, 0.1) is 17.3 Å².